The maximum absolute atomic E-state index is 13.0. The molecule has 0 spiro atoms. The Balaban J connectivity index is 1.65. The molecule has 140 valence electrons. The second-order valence-electron chi connectivity index (χ2n) is 7.10. The molecule has 0 aliphatic heterocycles. The van der Waals surface area contributed by atoms with Crippen LogP contribution in [0.3, 0.4) is 0 Å². The number of nitrogens with one attached hydrogen (secondary N) is 1. The maximum Gasteiger partial charge on any atom is 0.233 e. The quantitative estimate of drug-likeness (QED) is 0.577. The summed E-state index contributed by atoms with van der Waals surface area (Å²) < 4.78 is 13.0. The van der Waals surface area contributed by atoms with Crippen molar-refractivity contribution in [2.75, 3.05) is 5.32 Å². The molecule has 0 aliphatic carbocycles. The van der Waals surface area contributed by atoms with Crippen molar-refractivity contribution in [2.45, 2.75) is 33.1 Å². The molecule has 2 aromatic carbocycles. The molecule has 0 saturated heterocycles. The smallest absolute Gasteiger partial charge is 0.233 e. The molecule has 0 fully saturated rings. The topological polar surface area (TPSA) is 42.0 Å². The Labute approximate surface area is 163 Å². The van der Waals surface area contributed by atoms with Gasteiger partial charge in [0.05, 0.1) is 11.6 Å². The van der Waals surface area contributed by atoms with Gasteiger partial charge in [-0.1, -0.05) is 38.1 Å². The third-order valence-corrected chi connectivity index (χ3v) is 5.15. The summed E-state index contributed by atoms with van der Waals surface area (Å²) in [5.74, 6) is -0.0320. The minimum absolute atomic E-state index is 0.0911. The number of hydrogen-bond donors (Lipinski definition) is 1. The summed E-state index contributed by atoms with van der Waals surface area (Å²) in [6.45, 7) is 6.28. The van der Waals surface area contributed by atoms with E-state index < -0.39 is 0 Å². The van der Waals surface area contributed by atoms with E-state index in [-0.39, 0.29) is 17.6 Å². The molecule has 1 heterocycles. The SMILES string of the molecule is CC(C)Cc1ccc(C(C)C(=O)Nc2nc(-c3ccc(F)cc3)cs2)cc1. The molecule has 1 unspecified atom stereocenters. The number of benzene rings is 2. The molecule has 1 N–H and O–H groups in total. The monoisotopic (exact) mass is 382 g/mol. The van der Waals surface area contributed by atoms with Gasteiger partial charge >= 0.3 is 0 Å². The highest BCUT2D eigenvalue weighted by molar-refractivity contribution is 7.14. The molecule has 27 heavy (non-hydrogen) atoms. The van der Waals surface area contributed by atoms with E-state index in [2.05, 4.69) is 36.3 Å². The molecule has 5 heteroatoms. The van der Waals surface area contributed by atoms with Crippen LogP contribution in [0.4, 0.5) is 9.52 Å². The highest BCUT2D eigenvalue weighted by atomic mass is 32.1. The fraction of sp³-hybridized carbons (Fsp3) is 0.273. The predicted octanol–water partition coefficient (Wildman–Crippen LogP) is 5.89. The zero-order valence-corrected chi connectivity index (χ0v) is 16.5. The van der Waals surface area contributed by atoms with Gasteiger partial charge < -0.3 is 5.32 Å². The fourth-order valence-electron chi connectivity index (χ4n) is 2.86. The van der Waals surface area contributed by atoms with E-state index in [1.54, 1.807) is 12.1 Å². The van der Waals surface area contributed by atoms with E-state index in [1.807, 2.05) is 24.4 Å². The van der Waals surface area contributed by atoms with Crippen LogP contribution in [0, 0.1) is 11.7 Å². The minimum atomic E-state index is -0.282. The van der Waals surface area contributed by atoms with Gasteiger partial charge in [0.25, 0.3) is 0 Å². The first-order valence-electron chi connectivity index (χ1n) is 9.03. The second kappa shape index (κ2) is 8.44. The number of hydrogen-bond acceptors (Lipinski definition) is 3. The Hall–Kier alpha value is -2.53. The summed E-state index contributed by atoms with van der Waals surface area (Å²) in [4.78, 5) is 17.0. The lowest BCUT2D eigenvalue weighted by Crippen LogP contribution is -2.18. The van der Waals surface area contributed by atoms with Crippen LogP contribution in [0.5, 0.6) is 0 Å². The van der Waals surface area contributed by atoms with Crippen LogP contribution >= 0.6 is 11.3 Å². The van der Waals surface area contributed by atoms with Crippen LogP contribution in [0.15, 0.2) is 53.9 Å². The molecule has 1 amide bonds. The van der Waals surface area contributed by atoms with Gasteiger partial charge in [-0.05, 0) is 54.7 Å². The predicted molar refractivity (Wildman–Crippen MR) is 110 cm³/mol. The average Bonchev–Trinajstić information content (AvgIpc) is 3.10. The van der Waals surface area contributed by atoms with Crippen LogP contribution in [0.25, 0.3) is 11.3 Å². The number of amides is 1. The van der Waals surface area contributed by atoms with E-state index in [4.69, 9.17) is 0 Å². The number of rotatable bonds is 6. The van der Waals surface area contributed by atoms with Gasteiger partial charge in [-0.15, -0.1) is 11.3 Å². The van der Waals surface area contributed by atoms with Gasteiger partial charge in [-0.2, -0.15) is 0 Å². The Morgan fingerprint density at radius 1 is 1.07 bits per heavy atom. The number of halogens is 1. The van der Waals surface area contributed by atoms with Gasteiger partial charge in [0, 0.05) is 10.9 Å². The van der Waals surface area contributed by atoms with E-state index in [0.29, 0.717) is 11.0 Å². The number of nitrogens with zero attached hydrogens (tertiary/aromatic N) is 1. The Bertz CT molecular complexity index is 901. The lowest BCUT2D eigenvalue weighted by molar-refractivity contribution is -0.117. The molecular formula is C22H23FN2OS. The normalized spacial score (nSPS) is 12.2. The van der Waals surface area contributed by atoms with Crippen molar-refractivity contribution in [1.29, 1.82) is 0 Å². The molecule has 1 atom stereocenters. The first-order valence-corrected chi connectivity index (χ1v) is 9.91. The third kappa shape index (κ3) is 5.01. The lowest BCUT2D eigenvalue weighted by atomic mass is 9.96. The summed E-state index contributed by atoms with van der Waals surface area (Å²) in [7, 11) is 0. The molecule has 3 aromatic rings. The van der Waals surface area contributed by atoms with Gasteiger partial charge in [0.1, 0.15) is 5.82 Å². The van der Waals surface area contributed by atoms with Crippen molar-refractivity contribution in [2.24, 2.45) is 5.92 Å². The number of carbonyl (C=O) groups excluding carboxylic acids is 1. The zero-order chi connectivity index (χ0) is 19.4. The van der Waals surface area contributed by atoms with Crippen LogP contribution in [-0.4, -0.2) is 10.9 Å². The van der Waals surface area contributed by atoms with E-state index >= 15 is 0 Å². The second-order valence-corrected chi connectivity index (χ2v) is 7.95. The summed E-state index contributed by atoms with van der Waals surface area (Å²) in [5, 5.41) is 5.28. The van der Waals surface area contributed by atoms with Crippen molar-refractivity contribution in [1.82, 2.24) is 4.98 Å². The molecule has 0 radical (unpaired) electrons. The fourth-order valence-corrected chi connectivity index (χ4v) is 3.59. The Morgan fingerprint density at radius 3 is 2.37 bits per heavy atom. The third-order valence-electron chi connectivity index (χ3n) is 4.39. The Morgan fingerprint density at radius 2 is 1.74 bits per heavy atom. The van der Waals surface area contributed by atoms with Crippen LogP contribution < -0.4 is 5.32 Å². The van der Waals surface area contributed by atoms with Crippen molar-refractivity contribution < 1.29 is 9.18 Å². The molecule has 1 aromatic heterocycles. The van der Waals surface area contributed by atoms with Crippen molar-refractivity contribution in [3.05, 3.63) is 70.9 Å². The van der Waals surface area contributed by atoms with Gasteiger partial charge in [-0.25, -0.2) is 9.37 Å². The highest BCUT2D eigenvalue weighted by Gasteiger charge is 2.17. The van der Waals surface area contributed by atoms with Crippen molar-refractivity contribution in [3.63, 3.8) is 0 Å². The molecule has 3 rings (SSSR count). The standard InChI is InChI=1S/C22H23FN2OS/c1-14(2)12-16-4-6-17(7-5-16)15(3)21(26)25-22-24-20(13-27-22)18-8-10-19(23)11-9-18/h4-11,13-15H,12H2,1-3H3,(H,24,25,26). The first-order chi connectivity index (χ1) is 12.9. The van der Waals surface area contributed by atoms with E-state index in [9.17, 15) is 9.18 Å². The molecule has 0 bridgehead atoms. The molecular weight excluding hydrogens is 359 g/mol. The summed E-state index contributed by atoms with van der Waals surface area (Å²) in [6, 6.07) is 14.4. The maximum atomic E-state index is 13.0. The summed E-state index contributed by atoms with van der Waals surface area (Å²) in [5.41, 5.74) is 3.81. The largest absolute Gasteiger partial charge is 0.301 e. The Kier molecular flexibility index (Phi) is 6.01. The van der Waals surface area contributed by atoms with Gasteiger partial charge in [-0.3, -0.25) is 4.79 Å². The number of carbonyl (C=O) groups is 1. The average molecular weight is 383 g/mol. The molecule has 3 nitrogen and oxygen atoms in total. The highest BCUT2D eigenvalue weighted by Crippen LogP contribution is 2.26. The van der Waals surface area contributed by atoms with Crippen molar-refractivity contribution in [3.8, 4) is 11.3 Å². The minimum Gasteiger partial charge on any atom is -0.301 e. The van der Waals surface area contributed by atoms with Crippen molar-refractivity contribution >= 4 is 22.4 Å². The van der Waals surface area contributed by atoms with Crippen LogP contribution in [-0.2, 0) is 11.2 Å². The summed E-state index contributed by atoms with van der Waals surface area (Å²) in [6.07, 6.45) is 1.03. The number of aromatic nitrogens is 1. The van der Waals surface area contributed by atoms with Gasteiger partial charge in [0.2, 0.25) is 5.91 Å². The lowest BCUT2D eigenvalue weighted by Gasteiger charge is -2.12. The summed E-state index contributed by atoms with van der Waals surface area (Å²) >= 11 is 1.36. The van der Waals surface area contributed by atoms with E-state index in [0.717, 1.165) is 23.2 Å². The zero-order valence-electron chi connectivity index (χ0n) is 15.7. The van der Waals surface area contributed by atoms with Crippen LogP contribution in [0.1, 0.15) is 37.8 Å². The number of thiazole rings is 1. The van der Waals surface area contributed by atoms with E-state index in [1.165, 1.54) is 29.0 Å². The number of anilines is 1. The molecule has 0 aliphatic rings. The molecule has 0 saturated carbocycles. The van der Waals surface area contributed by atoms with Crippen LogP contribution in [0.2, 0.25) is 0 Å². The van der Waals surface area contributed by atoms with Gasteiger partial charge in [0.15, 0.2) is 5.13 Å². The first kappa shape index (κ1) is 19.2.